The van der Waals surface area contributed by atoms with Crippen LogP contribution < -0.4 is 4.48 Å². The third-order valence-corrected chi connectivity index (χ3v) is 15.2. The van der Waals surface area contributed by atoms with Crippen molar-refractivity contribution >= 4 is 34.3 Å². The van der Waals surface area contributed by atoms with E-state index >= 15 is 0 Å². The molecule has 0 aliphatic heterocycles. The SMILES string of the molecule is CC.CC.CCC(C)c1c(C2=C(\C)C3CCc4c(cccc4-c4cccc([N+](C)(c5ccccc5)c5ccccc5)c43)/C=C\2)cccc1-c1cccc(C2=C(C3CCC3)CCC=C2)c1C. The maximum atomic E-state index is 2.49. The van der Waals surface area contributed by atoms with Gasteiger partial charge in [0.25, 0.3) is 0 Å². The summed E-state index contributed by atoms with van der Waals surface area (Å²) >= 11 is 0. The topological polar surface area (TPSA) is 0 Å². The number of benzene rings is 6. The molecule has 10 rings (SSSR count). The molecule has 0 saturated heterocycles. The lowest BCUT2D eigenvalue weighted by Crippen LogP contribution is -2.35. The molecule has 0 spiro atoms. The van der Waals surface area contributed by atoms with Crippen LogP contribution in [0.2, 0.25) is 0 Å². The van der Waals surface area contributed by atoms with E-state index in [4.69, 9.17) is 0 Å². The van der Waals surface area contributed by atoms with Gasteiger partial charge in [0.15, 0.2) is 0 Å². The quantitative estimate of drug-likeness (QED) is 0.127. The Morgan fingerprint density at radius 1 is 0.569 bits per heavy atom. The van der Waals surface area contributed by atoms with Crippen LogP contribution in [0.4, 0.5) is 17.1 Å². The Morgan fingerprint density at radius 3 is 1.83 bits per heavy atom. The summed E-state index contributed by atoms with van der Waals surface area (Å²) in [6.07, 6.45) is 19.4. The monoisotopic (exact) mass is 855 g/mol. The van der Waals surface area contributed by atoms with Crippen molar-refractivity contribution in [2.24, 2.45) is 5.92 Å². The highest BCUT2D eigenvalue weighted by Gasteiger charge is 2.39. The van der Waals surface area contributed by atoms with Crippen LogP contribution in [0.3, 0.4) is 0 Å². The maximum absolute atomic E-state index is 2.49. The third-order valence-electron chi connectivity index (χ3n) is 15.2. The molecule has 2 unspecified atom stereocenters. The van der Waals surface area contributed by atoms with Crippen molar-refractivity contribution in [2.75, 3.05) is 7.05 Å². The molecule has 1 nitrogen and oxygen atoms in total. The predicted molar refractivity (Wildman–Crippen MR) is 285 cm³/mol. The zero-order chi connectivity index (χ0) is 45.7. The van der Waals surface area contributed by atoms with Gasteiger partial charge < -0.3 is 0 Å². The fourth-order valence-corrected chi connectivity index (χ4v) is 11.5. The van der Waals surface area contributed by atoms with E-state index in [0.717, 1.165) is 25.2 Å². The highest BCUT2D eigenvalue weighted by Crippen LogP contribution is 2.54. The van der Waals surface area contributed by atoms with Crippen LogP contribution in [0.5, 0.6) is 0 Å². The van der Waals surface area contributed by atoms with Crippen molar-refractivity contribution in [3.05, 3.63) is 202 Å². The minimum Gasteiger partial charge on any atom is -0.229 e. The summed E-state index contributed by atoms with van der Waals surface area (Å²) in [6.45, 7) is 17.7. The number of para-hydroxylation sites is 2. The van der Waals surface area contributed by atoms with E-state index < -0.39 is 0 Å². The lowest BCUT2D eigenvalue weighted by molar-refractivity contribution is 0.360. The number of quaternary nitrogens is 1. The molecular weight excluding hydrogens is 783 g/mol. The van der Waals surface area contributed by atoms with Gasteiger partial charge in [-0.3, -0.25) is 0 Å². The number of fused-ring (bicyclic) bond motifs is 5. The Morgan fingerprint density at radius 2 is 1.17 bits per heavy atom. The standard InChI is InChI=1S/C60H60N.2C2H6/c1-6-40(2)59-55(48-30-17-29-47(41(48)3)53-28-14-13-27-51(53)43-20-15-21-43)32-18-33-56(59)49-37-36-44-22-16-31-54-52(44)39-38-50(42(49)4)60-57(54)34-19-35-58(60)61(5,45-23-9-7-10-24-45)46-25-11-8-12-26-46;2*1-2/h7-12,14,16-19,22-26,28-37,40,43,50H,6,13,15,20-21,27,38-39H2,1-5H3;2*1-2H3/q+1;;/b37-36-,49-42+;;. The van der Waals surface area contributed by atoms with Gasteiger partial charge in [-0.25, -0.2) is 4.48 Å². The summed E-state index contributed by atoms with van der Waals surface area (Å²) < 4.78 is 0.589. The second-order valence-corrected chi connectivity index (χ2v) is 18.4. The molecule has 65 heavy (non-hydrogen) atoms. The minimum absolute atomic E-state index is 0.211. The maximum Gasteiger partial charge on any atom is 0.147 e. The Kier molecular flexibility index (Phi) is 14.2. The lowest BCUT2D eigenvalue weighted by atomic mass is 9.73. The molecule has 0 N–H and O–H groups in total. The van der Waals surface area contributed by atoms with Crippen LogP contribution >= 0.6 is 0 Å². The van der Waals surface area contributed by atoms with Gasteiger partial charge in [-0.1, -0.05) is 187 Å². The first-order valence-electron chi connectivity index (χ1n) is 25.1. The molecule has 4 aliphatic rings. The second-order valence-electron chi connectivity index (χ2n) is 18.4. The molecule has 2 bridgehead atoms. The number of nitrogens with zero attached hydrogens (tertiary/aromatic N) is 1. The summed E-state index contributed by atoms with van der Waals surface area (Å²) in [5, 5.41) is 0. The number of hydrogen-bond donors (Lipinski definition) is 0. The predicted octanol–water partition coefficient (Wildman–Crippen LogP) is 18.9. The summed E-state index contributed by atoms with van der Waals surface area (Å²) in [4.78, 5) is 0. The van der Waals surface area contributed by atoms with Crippen LogP contribution in [0.25, 0.3) is 39.5 Å². The molecule has 1 saturated carbocycles. The first-order valence-corrected chi connectivity index (χ1v) is 25.1. The average Bonchev–Trinajstić information content (AvgIpc) is 3.48. The van der Waals surface area contributed by atoms with Crippen molar-refractivity contribution in [3.63, 3.8) is 0 Å². The highest BCUT2D eigenvalue weighted by atomic mass is 15.3. The van der Waals surface area contributed by atoms with E-state index in [9.17, 15) is 0 Å². The van der Waals surface area contributed by atoms with Gasteiger partial charge in [-0.05, 0) is 162 Å². The molecule has 0 aromatic heterocycles. The number of rotatable bonds is 9. The van der Waals surface area contributed by atoms with Gasteiger partial charge in [0.1, 0.15) is 17.1 Å². The van der Waals surface area contributed by atoms with Crippen molar-refractivity contribution < 1.29 is 0 Å². The zero-order valence-electron chi connectivity index (χ0n) is 40.8. The molecule has 1 fully saturated rings. The first kappa shape index (κ1) is 45.8. The Hall–Kier alpha value is -5.76. The summed E-state index contributed by atoms with van der Waals surface area (Å²) in [6, 6.07) is 50.7. The van der Waals surface area contributed by atoms with E-state index in [-0.39, 0.29) is 5.92 Å². The average molecular weight is 855 g/mol. The van der Waals surface area contributed by atoms with Crippen LogP contribution in [0.1, 0.15) is 144 Å². The normalized spacial score (nSPS) is 18.6. The summed E-state index contributed by atoms with van der Waals surface area (Å²) in [5.74, 6) is 1.34. The molecule has 6 aromatic rings. The van der Waals surface area contributed by atoms with Gasteiger partial charge in [-0.2, -0.15) is 0 Å². The van der Waals surface area contributed by atoms with Gasteiger partial charge in [0, 0.05) is 17.5 Å². The molecule has 0 heterocycles. The molecule has 0 radical (unpaired) electrons. The molecule has 4 aliphatic carbocycles. The Bertz CT molecular complexity index is 2710. The minimum atomic E-state index is 0.211. The lowest BCUT2D eigenvalue weighted by Gasteiger charge is -2.37. The smallest absolute Gasteiger partial charge is 0.147 e. The van der Waals surface area contributed by atoms with E-state index in [1.807, 2.05) is 27.7 Å². The first-order chi connectivity index (χ1) is 31.9. The zero-order valence-corrected chi connectivity index (χ0v) is 40.8. The summed E-state index contributed by atoms with van der Waals surface area (Å²) in [7, 11) is 2.40. The van der Waals surface area contributed by atoms with Crippen molar-refractivity contribution in [2.45, 2.75) is 119 Å². The van der Waals surface area contributed by atoms with E-state index in [1.54, 1.807) is 5.57 Å². The Balaban J connectivity index is 0.00000140. The molecule has 332 valence electrons. The summed E-state index contributed by atoms with van der Waals surface area (Å²) in [5.41, 5.74) is 25.4. The number of hydrogen-bond acceptors (Lipinski definition) is 0. The molecular formula is C64H72N+. The van der Waals surface area contributed by atoms with Crippen LogP contribution in [0.15, 0.2) is 163 Å². The van der Waals surface area contributed by atoms with Gasteiger partial charge in [0.05, 0.1) is 7.05 Å². The van der Waals surface area contributed by atoms with Gasteiger partial charge in [-0.15, -0.1) is 0 Å². The number of allylic oxidation sites excluding steroid dienone is 7. The highest BCUT2D eigenvalue weighted by molar-refractivity contribution is 5.92. The third kappa shape index (κ3) is 8.27. The molecule has 6 aromatic carbocycles. The van der Waals surface area contributed by atoms with Gasteiger partial charge in [0.2, 0.25) is 0 Å². The largest absolute Gasteiger partial charge is 0.229 e. The van der Waals surface area contributed by atoms with Crippen LogP contribution in [-0.4, -0.2) is 7.05 Å². The molecule has 0 amide bonds. The molecule has 1 heteroatoms. The van der Waals surface area contributed by atoms with Crippen LogP contribution in [0, 0.1) is 12.8 Å². The molecule has 2 atom stereocenters. The van der Waals surface area contributed by atoms with Crippen molar-refractivity contribution in [1.82, 2.24) is 4.48 Å². The van der Waals surface area contributed by atoms with E-state index in [0.29, 0.717) is 10.4 Å². The van der Waals surface area contributed by atoms with Gasteiger partial charge >= 0.3 is 0 Å². The second kappa shape index (κ2) is 20.2. The van der Waals surface area contributed by atoms with Crippen molar-refractivity contribution in [3.8, 4) is 22.3 Å². The van der Waals surface area contributed by atoms with E-state index in [1.165, 1.54) is 127 Å². The Labute approximate surface area is 392 Å². The van der Waals surface area contributed by atoms with Crippen molar-refractivity contribution in [1.29, 1.82) is 0 Å². The fraction of sp³-hybridized carbons (Fsp3) is 0.312. The fourth-order valence-electron chi connectivity index (χ4n) is 11.5. The van der Waals surface area contributed by atoms with Crippen LogP contribution in [-0.2, 0) is 6.42 Å². The van der Waals surface area contributed by atoms with E-state index in [2.05, 4.69) is 193 Å².